The molecule has 0 saturated carbocycles. The predicted molar refractivity (Wildman–Crippen MR) is 56.6 cm³/mol. The Morgan fingerprint density at radius 2 is 1.88 bits per heavy atom. The fourth-order valence-electron chi connectivity index (χ4n) is 1.23. The van der Waals surface area contributed by atoms with Crippen LogP contribution in [-0.4, -0.2) is 30.1 Å². The Balaban J connectivity index is 2.79. The Morgan fingerprint density at radius 1 is 1.25 bits per heavy atom. The molecule has 1 rings (SSSR count). The van der Waals surface area contributed by atoms with Crippen LogP contribution in [0.15, 0.2) is 30.3 Å². The molecular weight excluding hydrogens is 212 g/mol. The first kappa shape index (κ1) is 12.0. The van der Waals surface area contributed by atoms with E-state index in [0.717, 1.165) is 0 Å². The number of hydrogen-bond acceptors (Lipinski definition) is 5. The van der Waals surface area contributed by atoms with E-state index in [-0.39, 0.29) is 13.1 Å². The summed E-state index contributed by atoms with van der Waals surface area (Å²) < 4.78 is 0. The summed E-state index contributed by atoms with van der Waals surface area (Å²) in [6.07, 6.45) is 0. The van der Waals surface area contributed by atoms with Crippen LogP contribution in [0.5, 0.6) is 0 Å². The lowest BCUT2D eigenvalue weighted by molar-refractivity contribution is -0.142. The summed E-state index contributed by atoms with van der Waals surface area (Å²) in [4.78, 5) is 27.0. The molecule has 86 valence electrons. The number of anilines is 1. The van der Waals surface area contributed by atoms with Crippen molar-refractivity contribution in [1.29, 1.82) is 0 Å². The highest BCUT2D eigenvalue weighted by Crippen LogP contribution is 2.12. The number of rotatable bonds is 5. The van der Waals surface area contributed by atoms with Crippen molar-refractivity contribution in [3.63, 3.8) is 0 Å². The highest BCUT2D eigenvalue weighted by atomic mass is 16.7. The Kier molecular flexibility index (Phi) is 4.28. The maximum Gasteiger partial charge on any atom is 0.343 e. The van der Waals surface area contributed by atoms with Crippen LogP contribution in [0, 0.1) is 0 Å². The third kappa shape index (κ3) is 3.58. The topological polar surface area (TPSA) is 92.9 Å². The smallest absolute Gasteiger partial charge is 0.343 e. The first-order valence-electron chi connectivity index (χ1n) is 4.55. The van der Waals surface area contributed by atoms with Crippen LogP contribution in [0.4, 0.5) is 5.69 Å². The Morgan fingerprint density at radius 3 is 2.38 bits per heavy atom. The second-order valence-electron chi connectivity index (χ2n) is 3.08. The van der Waals surface area contributed by atoms with Crippen LogP contribution in [0.3, 0.4) is 0 Å². The third-order valence-electron chi connectivity index (χ3n) is 1.90. The molecule has 0 radical (unpaired) electrons. The Hall–Kier alpha value is -2.08. The van der Waals surface area contributed by atoms with Gasteiger partial charge in [-0.1, -0.05) is 18.2 Å². The second-order valence-corrected chi connectivity index (χ2v) is 3.08. The molecule has 0 saturated heterocycles. The molecule has 0 aromatic heterocycles. The van der Waals surface area contributed by atoms with Crippen molar-refractivity contribution >= 4 is 17.6 Å². The Labute approximate surface area is 92.2 Å². The van der Waals surface area contributed by atoms with Gasteiger partial charge in [0.1, 0.15) is 13.1 Å². The van der Waals surface area contributed by atoms with E-state index in [1.54, 1.807) is 30.3 Å². The lowest BCUT2D eigenvalue weighted by Gasteiger charge is -2.20. The maximum absolute atomic E-state index is 11.0. The molecule has 1 aromatic rings. The lowest BCUT2D eigenvalue weighted by atomic mass is 10.3. The minimum atomic E-state index is -1.03. The van der Waals surface area contributed by atoms with Gasteiger partial charge in [-0.25, -0.2) is 4.79 Å². The number of para-hydroxylation sites is 1. The van der Waals surface area contributed by atoms with E-state index in [2.05, 4.69) is 4.84 Å². The molecule has 0 atom stereocenters. The van der Waals surface area contributed by atoms with E-state index >= 15 is 0 Å². The zero-order valence-corrected chi connectivity index (χ0v) is 8.50. The normalized spacial score (nSPS) is 9.56. The van der Waals surface area contributed by atoms with Gasteiger partial charge in [-0.05, 0) is 12.1 Å². The molecule has 0 fully saturated rings. The van der Waals surface area contributed by atoms with Gasteiger partial charge < -0.3 is 14.8 Å². The molecular formula is C10H12N2O4. The zero-order valence-electron chi connectivity index (χ0n) is 8.50. The SMILES string of the molecule is NOC(=O)CN(CC(=O)O)c1ccccc1. The average Bonchev–Trinajstić information content (AvgIpc) is 2.28. The fraction of sp³-hybridized carbons (Fsp3) is 0.200. The number of carboxylic acids is 1. The highest BCUT2D eigenvalue weighted by molar-refractivity contribution is 5.80. The summed E-state index contributed by atoms with van der Waals surface area (Å²) in [7, 11) is 0. The summed E-state index contributed by atoms with van der Waals surface area (Å²) in [5.74, 6) is 2.98. The van der Waals surface area contributed by atoms with Gasteiger partial charge in [-0.15, -0.1) is 0 Å². The summed E-state index contributed by atoms with van der Waals surface area (Å²) in [6.45, 7) is -0.494. The van der Waals surface area contributed by atoms with Crippen molar-refractivity contribution in [3.8, 4) is 0 Å². The van der Waals surface area contributed by atoms with Crippen molar-refractivity contribution in [2.45, 2.75) is 0 Å². The number of nitrogens with zero attached hydrogens (tertiary/aromatic N) is 1. The van der Waals surface area contributed by atoms with Gasteiger partial charge in [0.25, 0.3) is 0 Å². The van der Waals surface area contributed by atoms with E-state index in [4.69, 9.17) is 11.0 Å². The van der Waals surface area contributed by atoms with Crippen molar-refractivity contribution in [2.24, 2.45) is 5.90 Å². The van der Waals surface area contributed by atoms with E-state index in [9.17, 15) is 9.59 Å². The van der Waals surface area contributed by atoms with Gasteiger partial charge in [0.2, 0.25) is 0 Å². The van der Waals surface area contributed by atoms with Crippen LogP contribution in [0.1, 0.15) is 0 Å². The third-order valence-corrected chi connectivity index (χ3v) is 1.90. The van der Waals surface area contributed by atoms with Crippen molar-refractivity contribution < 1.29 is 19.5 Å². The molecule has 0 bridgehead atoms. The first-order valence-corrected chi connectivity index (χ1v) is 4.55. The summed E-state index contributed by atoms with van der Waals surface area (Å²) in [5.41, 5.74) is 0.621. The molecule has 3 N–H and O–H groups in total. The minimum Gasteiger partial charge on any atom is -0.480 e. The van der Waals surface area contributed by atoms with Crippen LogP contribution < -0.4 is 10.8 Å². The van der Waals surface area contributed by atoms with E-state index < -0.39 is 11.9 Å². The fourth-order valence-corrected chi connectivity index (χ4v) is 1.23. The van der Waals surface area contributed by atoms with Gasteiger partial charge in [0.15, 0.2) is 0 Å². The van der Waals surface area contributed by atoms with Crippen molar-refractivity contribution in [1.82, 2.24) is 0 Å². The molecule has 0 heterocycles. The van der Waals surface area contributed by atoms with Crippen molar-refractivity contribution in [3.05, 3.63) is 30.3 Å². The summed E-state index contributed by atoms with van der Waals surface area (Å²) in [5, 5.41) is 8.71. The standard InChI is InChI=1S/C10H12N2O4/c11-16-10(15)7-12(6-9(13)14)8-4-2-1-3-5-8/h1-5H,6-7,11H2,(H,13,14). The van der Waals surface area contributed by atoms with Crippen LogP contribution >= 0.6 is 0 Å². The van der Waals surface area contributed by atoms with Crippen LogP contribution in [-0.2, 0) is 14.4 Å². The van der Waals surface area contributed by atoms with Crippen LogP contribution in [0.25, 0.3) is 0 Å². The molecule has 6 nitrogen and oxygen atoms in total. The molecule has 1 aromatic carbocycles. The van der Waals surface area contributed by atoms with Gasteiger partial charge in [-0.2, -0.15) is 5.90 Å². The van der Waals surface area contributed by atoms with Gasteiger partial charge in [0, 0.05) is 5.69 Å². The number of aliphatic carboxylic acids is 1. The molecule has 0 aliphatic heterocycles. The monoisotopic (exact) mass is 224 g/mol. The summed E-state index contributed by atoms with van der Waals surface area (Å²) >= 11 is 0. The number of carboxylic acid groups (broad SMARTS) is 1. The Bertz CT molecular complexity index is 366. The van der Waals surface area contributed by atoms with Crippen LogP contribution in [0.2, 0.25) is 0 Å². The molecule has 0 aliphatic rings. The number of nitrogens with two attached hydrogens (primary N) is 1. The quantitative estimate of drug-likeness (QED) is 0.683. The molecule has 0 aliphatic carbocycles. The number of benzene rings is 1. The summed E-state index contributed by atoms with van der Waals surface area (Å²) in [6, 6.07) is 8.69. The number of hydrogen-bond donors (Lipinski definition) is 2. The van der Waals surface area contributed by atoms with Gasteiger partial charge in [0.05, 0.1) is 0 Å². The predicted octanol–water partition coefficient (Wildman–Crippen LogP) is -0.00550. The number of carbonyl (C=O) groups is 2. The number of carbonyl (C=O) groups excluding carboxylic acids is 1. The lowest BCUT2D eigenvalue weighted by Crippen LogP contribution is -2.36. The molecule has 0 amide bonds. The van der Waals surface area contributed by atoms with Gasteiger partial charge >= 0.3 is 11.9 Å². The van der Waals surface area contributed by atoms with E-state index in [1.165, 1.54) is 4.90 Å². The highest BCUT2D eigenvalue weighted by Gasteiger charge is 2.14. The largest absolute Gasteiger partial charge is 0.480 e. The van der Waals surface area contributed by atoms with Gasteiger partial charge in [-0.3, -0.25) is 4.79 Å². The first-order chi connectivity index (χ1) is 7.63. The maximum atomic E-state index is 11.0. The van der Waals surface area contributed by atoms with E-state index in [1.807, 2.05) is 0 Å². The zero-order chi connectivity index (χ0) is 12.0. The average molecular weight is 224 g/mol. The minimum absolute atomic E-state index is 0.202. The molecule has 16 heavy (non-hydrogen) atoms. The molecule has 0 spiro atoms. The molecule has 6 heteroatoms. The second kappa shape index (κ2) is 5.72. The van der Waals surface area contributed by atoms with E-state index in [0.29, 0.717) is 5.69 Å². The van der Waals surface area contributed by atoms with Crippen molar-refractivity contribution in [2.75, 3.05) is 18.0 Å². The molecule has 0 unspecified atom stereocenters.